The number of aromatic nitrogens is 3. The maximum absolute atomic E-state index is 12.7. The van der Waals surface area contributed by atoms with E-state index in [0.717, 1.165) is 29.1 Å². The third kappa shape index (κ3) is 5.70. The molecule has 2 aromatic heterocycles. The predicted octanol–water partition coefficient (Wildman–Crippen LogP) is 3.30. The third-order valence-electron chi connectivity index (χ3n) is 5.32. The Kier molecular flexibility index (Phi) is 7.11. The summed E-state index contributed by atoms with van der Waals surface area (Å²) in [4.78, 5) is 23.5. The van der Waals surface area contributed by atoms with Gasteiger partial charge in [0.25, 0.3) is 0 Å². The molecule has 0 spiro atoms. The van der Waals surface area contributed by atoms with Crippen molar-refractivity contribution >= 4 is 5.91 Å². The topological polar surface area (TPSA) is 90.6 Å². The highest BCUT2D eigenvalue weighted by molar-refractivity contribution is 5.76. The molecule has 1 aliphatic heterocycles. The maximum Gasteiger partial charge on any atom is 0.227 e. The van der Waals surface area contributed by atoms with E-state index in [1.54, 1.807) is 6.92 Å². The Balaban J connectivity index is 1.36. The van der Waals surface area contributed by atoms with Crippen molar-refractivity contribution in [2.24, 2.45) is 0 Å². The first-order valence-corrected chi connectivity index (χ1v) is 11.0. The van der Waals surface area contributed by atoms with Crippen LogP contribution in [-0.2, 0) is 22.4 Å². The number of rotatable bonds is 8. The van der Waals surface area contributed by atoms with Crippen molar-refractivity contribution in [3.8, 4) is 5.75 Å². The molecule has 0 N–H and O–H groups in total. The monoisotopic (exact) mass is 436 g/mol. The second-order valence-corrected chi connectivity index (χ2v) is 7.74. The number of pyridine rings is 1. The van der Waals surface area contributed by atoms with Gasteiger partial charge >= 0.3 is 0 Å². The second kappa shape index (κ2) is 10.4. The molecule has 1 saturated heterocycles. The van der Waals surface area contributed by atoms with Gasteiger partial charge in [-0.15, -0.1) is 0 Å². The Morgan fingerprint density at radius 3 is 2.78 bits per heavy atom. The summed E-state index contributed by atoms with van der Waals surface area (Å²) in [5.74, 6) is 1.99. The Bertz CT molecular complexity index is 1030. The summed E-state index contributed by atoms with van der Waals surface area (Å²) in [6.07, 6.45) is 1.26. The number of carbonyl (C=O) groups excluding carboxylic acids is 1. The zero-order valence-corrected chi connectivity index (χ0v) is 18.5. The van der Waals surface area contributed by atoms with Crippen LogP contribution in [0.15, 0.2) is 47.0 Å². The number of ether oxygens (including phenoxy) is 2. The predicted molar refractivity (Wildman–Crippen MR) is 117 cm³/mol. The first-order valence-electron chi connectivity index (χ1n) is 11.0. The molecule has 0 unspecified atom stereocenters. The summed E-state index contributed by atoms with van der Waals surface area (Å²) in [5, 5.41) is 3.76. The molecule has 1 fully saturated rings. The molecule has 1 aliphatic rings. The number of nitrogens with zero attached hydrogens (tertiary/aromatic N) is 4. The molecule has 32 heavy (non-hydrogen) atoms. The Labute approximate surface area is 187 Å². The van der Waals surface area contributed by atoms with Crippen LogP contribution in [0.3, 0.4) is 0 Å². The van der Waals surface area contributed by atoms with Crippen molar-refractivity contribution in [1.29, 1.82) is 0 Å². The van der Waals surface area contributed by atoms with Crippen molar-refractivity contribution in [3.05, 3.63) is 71.1 Å². The van der Waals surface area contributed by atoms with Crippen LogP contribution in [0.4, 0.5) is 0 Å². The highest BCUT2D eigenvalue weighted by Crippen LogP contribution is 2.23. The van der Waals surface area contributed by atoms with Crippen LogP contribution in [0, 0.1) is 6.92 Å². The van der Waals surface area contributed by atoms with Crippen molar-refractivity contribution in [2.45, 2.75) is 39.2 Å². The number of morpholine rings is 1. The Hall–Kier alpha value is -3.26. The van der Waals surface area contributed by atoms with E-state index in [2.05, 4.69) is 22.3 Å². The van der Waals surface area contributed by atoms with Crippen molar-refractivity contribution in [1.82, 2.24) is 20.0 Å². The average Bonchev–Trinajstić information content (AvgIpc) is 3.24. The lowest BCUT2D eigenvalue weighted by atomic mass is 10.1. The Morgan fingerprint density at radius 1 is 1.19 bits per heavy atom. The van der Waals surface area contributed by atoms with Gasteiger partial charge in [0.15, 0.2) is 5.82 Å². The summed E-state index contributed by atoms with van der Waals surface area (Å²) in [6.45, 7) is 5.94. The molecule has 4 rings (SSSR count). The van der Waals surface area contributed by atoms with Crippen LogP contribution in [-0.4, -0.2) is 52.2 Å². The van der Waals surface area contributed by atoms with Crippen molar-refractivity contribution in [3.63, 3.8) is 0 Å². The van der Waals surface area contributed by atoms with Gasteiger partial charge in [-0.1, -0.05) is 23.4 Å². The molecule has 8 nitrogen and oxygen atoms in total. The fourth-order valence-corrected chi connectivity index (χ4v) is 3.72. The summed E-state index contributed by atoms with van der Waals surface area (Å²) in [7, 11) is 0. The van der Waals surface area contributed by atoms with Gasteiger partial charge in [-0.25, -0.2) is 0 Å². The number of amides is 1. The van der Waals surface area contributed by atoms with E-state index in [4.69, 9.17) is 19.0 Å². The fraction of sp³-hybridized carbons (Fsp3) is 0.417. The lowest BCUT2D eigenvalue weighted by Crippen LogP contribution is -2.42. The lowest BCUT2D eigenvalue weighted by Gasteiger charge is -2.32. The molecule has 1 atom stereocenters. The van der Waals surface area contributed by atoms with E-state index < -0.39 is 0 Å². The van der Waals surface area contributed by atoms with Gasteiger partial charge in [-0.05, 0) is 43.7 Å². The van der Waals surface area contributed by atoms with E-state index in [1.165, 1.54) is 0 Å². The van der Waals surface area contributed by atoms with E-state index in [9.17, 15) is 4.79 Å². The van der Waals surface area contributed by atoms with Crippen LogP contribution in [0.1, 0.15) is 48.1 Å². The smallest absolute Gasteiger partial charge is 0.227 e. The van der Waals surface area contributed by atoms with Gasteiger partial charge in [0.1, 0.15) is 11.9 Å². The van der Waals surface area contributed by atoms with Crippen LogP contribution in [0.5, 0.6) is 5.75 Å². The molecule has 0 radical (unpaired) electrons. The quantitative estimate of drug-likeness (QED) is 0.535. The van der Waals surface area contributed by atoms with Crippen LogP contribution in [0.25, 0.3) is 0 Å². The second-order valence-electron chi connectivity index (χ2n) is 7.74. The average molecular weight is 437 g/mol. The van der Waals surface area contributed by atoms with Crippen molar-refractivity contribution in [2.75, 3.05) is 26.3 Å². The SMILES string of the molecule is CCOc1ccc(Cc2cccc([C@H]3CN(C(=O)CCc4nc(C)no4)CCO3)n2)cc1. The van der Waals surface area contributed by atoms with Gasteiger partial charge in [-0.3, -0.25) is 9.78 Å². The largest absolute Gasteiger partial charge is 0.494 e. The Morgan fingerprint density at radius 2 is 2.03 bits per heavy atom. The molecule has 0 saturated carbocycles. The number of hydrogen-bond acceptors (Lipinski definition) is 7. The van der Waals surface area contributed by atoms with Crippen molar-refractivity contribution < 1.29 is 18.8 Å². The number of benzene rings is 1. The van der Waals surface area contributed by atoms with Crippen LogP contribution >= 0.6 is 0 Å². The molecule has 8 heteroatoms. The fourth-order valence-electron chi connectivity index (χ4n) is 3.72. The summed E-state index contributed by atoms with van der Waals surface area (Å²) < 4.78 is 16.6. The van der Waals surface area contributed by atoms with E-state index >= 15 is 0 Å². The summed E-state index contributed by atoms with van der Waals surface area (Å²) in [6, 6.07) is 14.0. The van der Waals surface area contributed by atoms with Gasteiger partial charge in [0.2, 0.25) is 11.8 Å². The zero-order chi connectivity index (χ0) is 22.3. The minimum atomic E-state index is -0.237. The van der Waals surface area contributed by atoms with Gasteiger partial charge < -0.3 is 18.9 Å². The molecule has 3 aromatic rings. The minimum Gasteiger partial charge on any atom is -0.494 e. The number of aryl methyl sites for hydroxylation is 2. The normalized spacial score (nSPS) is 16.2. The molecule has 3 heterocycles. The minimum absolute atomic E-state index is 0.0553. The van der Waals surface area contributed by atoms with Gasteiger partial charge in [-0.2, -0.15) is 4.98 Å². The summed E-state index contributed by atoms with van der Waals surface area (Å²) >= 11 is 0. The van der Waals surface area contributed by atoms with E-state index in [0.29, 0.717) is 50.9 Å². The lowest BCUT2D eigenvalue weighted by molar-refractivity contribution is -0.139. The first kappa shape index (κ1) is 22.0. The van der Waals surface area contributed by atoms with E-state index in [1.807, 2.05) is 42.2 Å². The molecule has 168 valence electrons. The van der Waals surface area contributed by atoms with Gasteiger partial charge in [0, 0.05) is 31.5 Å². The summed E-state index contributed by atoms with van der Waals surface area (Å²) in [5.41, 5.74) is 2.97. The highest BCUT2D eigenvalue weighted by atomic mass is 16.5. The molecule has 0 aliphatic carbocycles. The van der Waals surface area contributed by atoms with Gasteiger partial charge in [0.05, 0.1) is 25.5 Å². The van der Waals surface area contributed by atoms with E-state index in [-0.39, 0.29) is 12.0 Å². The number of hydrogen-bond donors (Lipinski definition) is 0. The maximum atomic E-state index is 12.7. The molecule has 0 bridgehead atoms. The van der Waals surface area contributed by atoms with Crippen LogP contribution < -0.4 is 4.74 Å². The standard InChI is InChI=1S/C24H28N4O4/c1-3-30-20-9-7-18(8-10-20)15-19-5-4-6-21(26-19)22-16-28(13-14-31-22)24(29)12-11-23-25-17(2)27-32-23/h4-10,22H,3,11-16H2,1-2H3/t22-/m1/s1. The molecular formula is C24H28N4O4. The third-order valence-corrected chi connectivity index (χ3v) is 5.32. The number of carbonyl (C=O) groups is 1. The molecular weight excluding hydrogens is 408 g/mol. The molecule has 1 aromatic carbocycles. The first-order chi connectivity index (χ1) is 15.6. The molecule has 1 amide bonds. The highest BCUT2D eigenvalue weighted by Gasteiger charge is 2.26. The zero-order valence-electron chi connectivity index (χ0n) is 18.5. The van der Waals surface area contributed by atoms with Crippen LogP contribution in [0.2, 0.25) is 0 Å².